The van der Waals surface area contributed by atoms with Gasteiger partial charge in [-0.2, -0.15) is 0 Å². The van der Waals surface area contributed by atoms with Gasteiger partial charge < -0.3 is 0 Å². The van der Waals surface area contributed by atoms with Gasteiger partial charge in [0.1, 0.15) is 0 Å². The van der Waals surface area contributed by atoms with Crippen molar-refractivity contribution in [3.8, 4) is 0 Å². The molecule has 0 fully saturated rings. The van der Waals surface area contributed by atoms with E-state index in [-0.39, 0.29) is 0 Å². The summed E-state index contributed by atoms with van der Waals surface area (Å²) >= 11 is 0. The van der Waals surface area contributed by atoms with Crippen molar-refractivity contribution in [2.75, 3.05) is 6.54 Å². The minimum atomic E-state index is 0.315. The van der Waals surface area contributed by atoms with E-state index >= 15 is 0 Å². The van der Waals surface area contributed by atoms with E-state index in [1.165, 1.54) is 161 Å². The van der Waals surface area contributed by atoms with Gasteiger partial charge in [0, 0.05) is 11.1 Å². The molecule has 212 valence electrons. The molecule has 0 aliphatic carbocycles. The van der Waals surface area contributed by atoms with Gasteiger partial charge in [-0.1, -0.05) is 156 Å². The Hall–Kier alpha value is -0.0400. The minimum Gasteiger partial charge on any atom is -0.293 e. The second kappa shape index (κ2) is 23.1. The molecular formula is C34H71N. The van der Waals surface area contributed by atoms with Gasteiger partial charge in [-0.3, -0.25) is 4.90 Å². The van der Waals surface area contributed by atoms with Crippen LogP contribution in [0.15, 0.2) is 0 Å². The van der Waals surface area contributed by atoms with E-state index in [2.05, 4.69) is 53.4 Å². The molecule has 0 amide bonds. The van der Waals surface area contributed by atoms with Gasteiger partial charge >= 0.3 is 0 Å². The lowest BCUT2D eigenvalue weighted by molar-refractivity contribution is 0.00151. The molecule has 0 aromatic heterocycles. The first-order valence-corrected chi connectivity index (χ1v) is 16.6. The molecule has 0 radical (unpaired) electrons. The quantitative estimate of drug-likeness (QED) is 0.103. The van der Waals surface area contributed by atoms with E-state index in [1.54, 1.807) is 0 Å². The molecule has 0 aliphatic rings. The van der Waals surface area contributed by atoms with Crippen molar-refractivity contribution < 1.29 is 0 Å². The largest absolute Gasteiger partial charge is 0.293 e. The van der Waals surface area contributed by atoms with E-state index in [0.717, 1.165) is 0 Å². The molecule has 0 N–H and O–H groups in total. The van der Waals surface area contributed by atoms with Crippen molar-refractivity contribution in [2.24, 2.45) is 0 Å². The van der Waals surface area contributed by atoms with Gasteiger partial charge in [-0.05, 0) is 53.5 Å². The highest BCUT2D eigenvalue weighted by atomic mass is 15.2. The standard InChI is InChI=1S/C34H71N/c1-8-11-14-17-20-21-22-23-26-29-32-35(33(4,5)30-27-24-18-15-12-9-2)34(6,7)31-28-25-19-16-13-10-3/h8-32H2,1-7H3. The molecule has 0 aromatic carbocycles. The molecule has 0 bridgehead atoms. The molecule has 0 rings (SSSR count). The average molecular weight is 494 g/mol. The number of unbranched alkanes of at least 4 members (excludes halogenated alkanes) is 19. The summed E-state index contributed by atoms with van der Waals surface area (Å²) < 4.78 is 0. The van der Waals surface area contributed by atoms with Crippen molar-refractivity contribution in [2.45, 2.75) is 214 Å². The van der Waals surface area contributed by atoms with Crippen LogP contribution in [0.2, 0.25) is 0 Å². The first kappa shape index (κ1) is 35.0. The predicted octanol–water partition coefficient (Wildman–Crippen LogP) is 12.3. The fraction of sp³-hybridized carbons (Fsp3) is 1.00. The highest BCUT2D eigenvalue weighted by molar-refractivity contribution is 4.92. The maximum Gasteiger partial charge on any atom is 0.0158 e. The Morgan fingerprint density at radius 2 is 0.600 bits per heavy atom. The lowest BCUT2D eigenvalue weighted by atomic mass is 9.85. The van der Waals surface area contributed by atoms with Crippen LogP contribution in [-0.2, 0) is 0 Å². The zero-order valence-corrected chi connectivity index (χ0v) is 26.1. The van der Waals surface area contributed by atoms with Gasteiger partial charge in [-0.25, -0.2) is 0 Å². The van der Waals surface area contributed by atoms with E-state index in [9.17, 15) is 0 Å². The zero-order valence-electron chi connectivity index (χ0n) is 26.1. The zero-order chi connectivity index (χ0) is 26.3. The van der Waals surface area contributed by atoms with Crippen LogP contribution in [0.5, 0.6) is 0 Å². The molecule has 1 nitrogen and oxygen atoms in total. The highest BCUT2D eigenvalue weighted by Gasteiger charge is 2.36. The van der Waals surface area contributed by atoms with Crippen LogP contribution < -0.4 is 0 Å². The van der Waals surface area contributed by atoms with Crippen molar-refractivity contribution in [3.63, 3.8) is 0 Å². The maximum atomic E-state index is 2.95. The van der Waals surface area contributed by atoms with E-state index in [1.807, 2.05) is 0 Å². The Kier molecular flexibility index (Phi) is 23.1. The Balaban J connectivity index is 4.60. The van der Waals surface area contributed by atoms with Crippen LogP contribution in [-0.4, -0.2) is 22.5 Å². The van der Waals surface area contributed by atoms with E-state index in [4.69, 9.17) is 0 Å². The Bertz CT molecular complexity index is 396. The van der Waals surface area contributed by atoms with Crippen LogP contribution >= 0.6 is 0 Å². The average Bonchev–Trinajstić information content (AvgIpc) is 2.81. The Labute approximate surface area is 225 Å². The summed E-state index contributed by atoms with van der Waals surface area (Å²) in [6, 6.07) is 0. The topological polar surface area (TPSA) is 3.24 Å². The third kappa shape index (κ3) is 19.7. The Morgan fingerprint density at radius 1 is 0.343 bits per heavy atom. The Morgan fingerprint density at radius 3 is 0.914 bits per heavy atom. The van der Waals surface area contributed by atoms with Gasteiger partial charge in [-0.15, -0.1) is 0 Å². The highest BCUT2D eigenvalue weighted by Crippen LogP contribution is 2.34. The molecular weight excluding hydrogens is 422 g/mol. The smallest absolute Gasteiger partial charge is 0.0158 e. The van der Waals surface area contributed by atoms with Crippen molar-refractivity contribution in [1.29, 1.82) is 0 Å². The molecule has 0 heterocycles. The van der Waals surface area contributed by atoms with Crippen LogP contribution in [0.4, 0.5) is 0 Å². The third-order valence-corrected chi connectivity index (χ3v) is 8.48. The number of hydrogen-bond acceptors (Lipinski definition) is 1. The van der Waals surface area contributed by atoms with Gasteiger partial charge in [0.2, 0.25) is 0 Å². The molecule has 0 saturated heterocycles. The van der Waals surface area contributed by atoms with Gasteiger partial charge in [0.25, 0.3) is 0 Å². The number of rotatable bonds is 27. The predicted molar refractivity (Wildman–Crippen MR) is 163 cm³/mol. The molecule has 0 saturated carbocycles. The summed E-state index contributed by atoms with van der Waals surface area (Å²) in [5, 5.41) is 0. The van der Waals surface area contributed by atoms with E-state index < -0.39 is 0 Å². The molecule has 0 atom stereocenters. The molecule has 0 aliphatic heterocycles. The third-order valence-electron chi connectivity index (χ3n) is 8.48. The monoisotopic (exact) mass is 494 g/mol. The first-order valence-electron chi connectivity index (χ1n) is 16.6. The van der Waals surface area contributed by atoms with Crippen LogP contribution in [0.3, 0.4) is 0 Å². The molecule has 0 unspecified atom stereocenters. The van der Waals surface area contributed by atoms with E-state index in [0.29, 0.717) is 11.1 Å². The summed E-state index contributed by atoms with van der Waals surface area (Å²) in [6.45, 7) is 18.5. The molecule has 1 heteroatoms. The van der Waals surface area contributed by atoms with Gasteiger partial charge in [0.05, 0.1) is 0 Å². The summed E-state index contributed by atoms with van der Waals surface area (Å²) in [5.41, 5.74) is 0.630. The maximum absolute atomic E-state index is 2.95. The second-order valence-corrected chi connectivity index (χ2v) is 13.0. The van der Waals surface area contributed by atoms with Crippen LogP contribution in [0.1, 0.15) is 203 Å². The SMILES string of the molecule is CCCCCCCCCCCCN(C(C)(C)CCCCCCCC)C(C)(C)CCCCCCCC. The van der Waals surface area contributed by atoms with Crippen molar-refractivity contribution in [1.82, 2.24) is 4.90 Å². The number of hydrogen-bond donors (Lipinski definition) is 0. The first-order chi connectivity index (χ1) is 16.8. The molecule has 0 spiro atoms. The number of nitrogens with zero attached hydrogens (tertiary/aromatic N) is 1. The lowest BCUT2D eigenvalue weighted by Gasteiger charge is -2.49. The summed E-state index contributed by atoms with van der Waals surface area (Å²) in [4.78, 5) is 2.95. The van der Waals surface area contributed by atoms with Crippen molar-refractivity contribution >= 4 is 0 Å². The lowest BCUT2D eigenvalue weighted by Crippen LogP contribution is -2.55. The van der Waals surface area contributed by atoms with Crippen LogP contribution in [0, 0.1) is 0 Å². The normalized spacial score (nSPS) is 12.7. The minimum absolute atomic E-state index is 0.315. The summed E-state index contributed by atoms with van der Waals surface area (Å²) in [7, 11) is 0. The molecule has 35 heavy (non-hydrogen) atoms. The second-order valence-electron chi connectivity index (χ2n) is 13.0. The molecule has 0 aromatic rings. The summed E-state index contributed by atoms with van der Waals surface area (Å²) in [6.07, 6.45) is 34.0. The van der Waals surface area contributed by atoms with Crippen molar-refractivity contribution in [3.05, 3.63) is 0 Å². The summed E-state index contributed by atoms with van der Waals surface area (Å²) in [5.74, 6) is 0. The van der Waals surface area contributed by atoms with Gasteiger partial charge in [0.15, 0.2) is 0 Å². The fourth-order valence-electron chi connectivity index (χ4n) is 6.13. The fourth-order valence-corrected chi connectivity index (χ4v) is 6.13. The van der Waals surface area contributed by atoms with Crippen LogP contribution in [0.25, 0.3) is 0 Å².